The first-order valence-corrected chi connectivity index (χ1v) is 5.22. The predicted molar refractivity (Wildman–Crippen MR) is 56.3 cm³/mol. The van der Waals surface area contributed by atoms with Crippen LogP contribution in [-0.4, -0.2) is 22.9 Å². The second kappa shape index (κ2) is 4.59. The minimum atomic E-state index is -0.418. The lowest BCUT2D eigenvalue weighted by atomic mass is 10.3. The van der Waals surface area contributed by atoms with Crippen LogP contribution in [0.4, 0.5) is 0 Å². The minimum absolute atomic E-state index is 0.282. The molecule has 0 saturated carbocycles. The first-order valence-electron chi connectivity index (χ1n) is 4.43. The number of nitrogens with zero attached hydrogens (tertiary/aromatic N) is 2. The van der Waals surface area contributed by atoms with Gasteiger partial charge in [-0.1, -0.05) is 6.92 Å². The number of carbonyl (C=O) groups excluding carboxylic acids is 1. The van der Waals surface area contributed by atoms with Gasteiger partial charge in [-0.2, -0.15) is 5.10 Å². The van der Waals surface area contributed by atoms with Gasteiger partial charge in [-0.15, -0.1) is 0 Å². The summed E-state index contributed by atoms with van der Waals surface area (Å²) in [5, 5.41) is 4.15. The van der Waals surface area contributed by atoms with E-state index < -0.39 is 5.97 Å². The van der Waals surface area contributed by atoms with Crippen molar-refractivity contribution in [2.24, 2.45) is 0 Å². The van der Waals surface area contributed by atoms with Gasteiger partial charge in [0.15, 0.2) is 5.69 Å². The summed E-state index contributed by atoms with van der Waals surface area (Å²) in [6.45, 7) is 4.11. The summed E-state index contributed by atoms with van der Waals surface area (Å²) in [6, 6.07) is 0.282. The lowest BCUT2D eigenvalue weighted by molar-refractivity contribution is 0.0591. The number of aromatic nitrogens is 2. The van der Waals surface area contributed by atoms with Crippen LogP contribution >= 0.6 is 15.9 Å². The molecule has 78 valence electrons. The summed E-state index contributed by atoms with van der Waals surface area (Å²) in [4.78, 5) is 11.2. The van der Waals surface area contributed by atoms with Crippen molar-refractivity contribution in [2.75, 3.05) is 7.11 Å². The summed E-state index contributed by atoms with van der Waals surface area (Å²) >= 11 is 3.27. The molecular weight excluding hydrogens is 248 g/mol. The molecule has 1 rings (SSSR count). The third-order valence-electron chi connectivity index (χ3n) is 2.11. The third-order valence-corrected chi connectivity index (χ3v) is 2.69. The Kier molecular flexibility index (Phi) is 3.69. The standard InChI is InChI=1S/C9H13BrN2O2/c1-4-6(2)12-5-7(10)8(11-12)9(13)14-3/h5-6H,4H2,1-3H3. The predicted octanol–water partition coefficient (Wildman–Crippen LogP) is 2.40. The lowest BCUT2D eigenvalue weighted by Crippen LogP contribution is -2.08. The summed E-state index contributed by atoms with van der Waals surface area (Å²) in [6.07, 6.45) is 2.76. The highest BCUT2D eigenvalue weighted by Crippen LogP contribution is 2.19. The number of hydrogen-bond donors (Lipinski definition) is 0. The second-order valence-electron chi connectivity index (χ2n) is 3.05. The highest BCUT2D eigenvalue weighted by Gasteiger charge is 2.16. The number of hydrogen-bond acceptors (Lipinski definition) is 3. The molecule has 5 heteroatoms. The Morgan fingerprint density at radius 2 is 2.43 bits per heavy atom. The van der Waals surface area contributed by atoms with Gasteiger partial charge in [0.25, 0.3) is 0 Å². The molecule has 0 fully saturated rings. The van der Waals surface area contributed by atoms with Crippen LogP contribution in [0.25, 0.3) is 0 Å². The maximum absolute atomic E-state index is 11.2. The maximum atomic E-state index is 11.2. The zero-order valence-corrected chi connectivity index (χ0v) is 10.0. The van der Waals surface area contributed by atoms with E-state index in [2.05, 4.69) is 32.7 Å². The molecule has 0 saturated heterocycles. The van der Waals surface area contributed by atoms with E-state index in [1.54, 1.807) is 10.9 Å². The summed E-state index contributed by atoms with van der Waals surface area (Å²) < 4.78 is 7.03. The zero-order chi connectivity index (χ0) is 10.7. The average Bonchev–Trinajstić information content (AvgIpc) is 2.58. The van der Waals surface area contributed by atoms with Gasteiger partial charge in [-0.05, 0) is 29.3 Å². The van der Waals surface area contributed by atoms with Gasteiger partial charge in [-0.3, -0.25) is 4.68 Å². The van der Waals surface area contributed by atoms with Gasteiger partial charge in [0, 0.05) is 12.2 Å². The third kappa shape index (κ3) is 2.15. The number of ether oxygens (including phenoxy) is 1. The molecule has 1 aromatic heterocycles. The van der Waals surface area contributed by atoms with Crippen molar-refractivity contribution < 1.29 is 9.53 Å². The summed E-state index contributed by atoms with van der Waals surface area (Å²) in [5.41, 5.74) is 0.327. The molecular formula is C9H13BrN2O2. The Morgan fingerprint density at radius 1 is 1.79 bits per heavy atom. The van der Waals surface area contributed by atoms with Gasteiger partial charge in [0.05, 0.1) is 11.6 Å². The van der Waals surface area contributed by atoms with Crippen molar-refractivity contribution in [1.82, 2.24) is 9.78 Å². The summed E-state index contributed by atoms with van der Waals surface area (Å²) in [7, 11) is 1.34. The number of esters is 1. The Labute approximate surface area is 91.4 Å². The number of halogens is 1. The first kappa shape index (κ1) is 11.2. The monoisotopic (exact) mass is 260 g/mol. The van der Waals surface area contributed by atoms with E-state index in [9.17, 15) is 4.79 Å². The topological polar surface area (TPSA) is 44.1 Å². The van der Waals surface area contributed by atoms with Crippen LogP contribution in [-0.2, 0) is 4.74 Å². The molecule has 4 nitrogen and oxygen atoms in total. The van der Waals surface area contributed by atoms with E-state index in [1.165, 1.54) is 7.11 Å². The molecule has 0 amide bonds. The number of methoxy groups -OCH3 is 1. The van der Waals surface area contributed by atoms with E-state index in [1.807, 2.05) is 6.92 Å². The summed E-state index contributed by atoms with van der Waals surface area (Å²) in [5.74, 6) is -0.418. The molecule has 0 aliphatic rings. The molecule has 14 heavy (non-hydrogen) atoms. The quantitative estimate of drug-likeness (QED) is 0.785. The van der Waals surface area contributed by atoms with Crippen molar-refractivity contribution in [2.45, 2.75) is 26.3 Å². The number of carbonyl (C=O) groups is 1. The Morgan fingerprint density at radius 3 is 2.93 bits per heavy atom. The molecule has 0 aliphatic heterocycles. The van der Waals surface area contributed by atoms with Gasteiger partial charge >= 0.3 is 5.97 Å². The largest absolute Gasteiger partial charge is 0.464 e. The lowest BCUT2D eigenvalue weighted by Gasteiger charge is -2.07. The van der Waals surface area contributed by atoms with Crippen LogP contribution in [0.1, 0.15) is 36.8 Å². The van der Waals surface area contributed by atoms with E-state index >= 15 is 0 Å². The zero-order valence-electron chi connectivity index (χ0n) is 8.45. The second-order valence-corrected chi connectivity index (χ2v) is 3.91. The van der Waals surface area contributed by atoms with Crippen molar-refractivity contribution in [1.29, 1.82) is 0 Å². The maximum Gasteiger partial charge on any atom is 0.359 e. The van der Waals surface area contributed by atoms with Crippen LogP contribution in [0.3, 0.4) is 0 Å². The fourth-order valence-corrected chi connectivity index (χ4v) is 1.47. The first-order chi connectivity index (χ1) is 6.60. The van der Waals surface area contributed by atoms with Gasteiger partial charge in [-0.25, -0.2) is 4.79 Å². The Bertz CT molecular complexity index is 336. The van der Waals surface area contributed by atoms with Crippen molar-refractivity contribution in [3.8, 4) is 0 Å². The van der Waals surface area contributed by atoms with E-state index in [0.29, 0.717) is 10.2 Å². The highest BCUT2D eigenvalue weighted by atomic mass is 79.9. The minimum Gasteiger partial charge on any atom is -0.464 e. The van der Waals surface area contributed by atoms with Crippen LogP contribution in [0.2, 0.25) is 0 Å². The molecule has 0 N–H and O–H groups in total. The fourth-order valence-electron chi connectivity index (χ4n) is 1.02. The van der Waals surface area contributed by atoms with Crippen molar-refractivity contribution >= 4 is 21.9 Å². The molecule has 1 atom stereocenters. The van der Waals surface area contributed by atoms with E-state index in [0.717, 1.165) is 6.42 Å². The molecule has 1 unspecified atom stereocenters. The van der Waals surface area contributed by atoms with Gasteiger partial charge in [0.1, 0.15) is 0 Å². The molecule has 0 aliphatic carbocycles. The van der Waals surface area contributed by atoms with Gasteiger partial charge < -0.3 is 4.74 Å². The Balaban J connectivity index is 2.98. The molecule has 0 aromatic carbocycles. The fraction of sp³-hybridized carbons (Fsp3) is 0.556. The number of rotatable bonds is 3. The van der Waals surface area contributed by atoms with Crippen LogP contribution < -0.4 is 0 Å². The normalized spacial score (nSPS) is 12.6. The van der Waals surface area contributed by atoms with Crippen molar-refractivity contribution in [3.63, 3.8) is 0 Å². The Hall–Kier alpha value is -0.840. The SMILES string of the molecule is CCC(C)n1cc(Br)c(C(=O)OC)n1. The average molecular weight is 261 g/mol. The van der Waals surface area contributed by atoms with E-state index in [-0.39, 0.29) is 6.04 Å². The molecule has 0 radical (unpaired) electrons. The van der Waals surface area contributed by atoms with Crippen LogP contribution in [0.5, 0.6) is 0 Å². The van der Waals surface area contributed by atoms with Crippen LogP contribution in [0, 0.1) is 0 Å². The molecule has 1 aromatic rings. The molecule has 1 heterocycles. The van der Waals surface area contributed by atoms with Gasteiger partial charge in [0.2, 0.25) is 0 Å². The van der Waals surface area contributed by atoms with Crippen LogP contribution in [0.15, 0.2) is 10.7 Å². The van der Waals surface area contributed by atoms with Crippen molar-refractivity contribution in [3.05, 3.63) is 16.4 Å². The molecule has 0 spiro atoms. The van der Waals surface area contributed by atoms with E-state index in [4.69, 9.17) is 0 Å². The smallest absolute Gasteiger partial charge is 0.359 e. The molecule has 0 bridgehead atoms. The highest BCUT2D eigenvalue weighted by molar-refractivity contribution is 9.10.